The Morgan fingerprint density at radius 2 is 2.28 bits per heavy atom. The van der Waals surface area contributed by atoms with E-state index in [4.69, 9.17) is 11.6 Å². The van der Waals surface area contributed by atoms with Gasteiger partial charge in [0.05, 0.1) is 16.3 Å². The lowest BCUT2D eigenvalue weighted by atomic mass is 10.1. The molecular formula is C11H12ClN3O2S. The summed E-state index contributed by atoms with van der Waals surface area (Å²) in [5.74, 6) is 0.113. The van der Waals surface area contributed by atoms with Crippen LogP contribution < -0.4 is 5.32 Å². The average Bonchev–Trinajstić information content (AvgIpc) is 2.98. The van der Waals surface area contributed by atoms with Crippen LogP contribution >= 0.6 is 22.9 Å². The Hall–Kier alpha value is -1.40. The number of aromatic nitrogens is 2. The van der Waals surface area contributed by atoms with Gasteiger partial charge >= 0.3 is 0 Å². The van der Waals surface area contributed by atoms with Crippen LogP contribution in [0.15, 0.2) is 23.0 Å². The summed E-state index contributed by atoms with van der Waals surface area (Å²) in [6, 6.07) is 3.36. The number of thiophene rings is 1. The third kappa shape index (κ3) is 2.88. The van der Waals surface area contributed by atoms with Gasteiger partial charge in [0.1, 0.15) is 0 Å². The van der Waals surface area contributed by atoms with Gasteiger partial charge in [0.15, 0.2) is 5.82 Å². The number of hydrogen-bond donors (Lipinski definition) is 1. The van der Waals surface area contributed by atoms with Crippen molar-refractivity contribution in [3.05, 3.63) is 33.6 Å². The minimum Gasteiger partial charge on any atom is -0.346 e. The van der Waals surface area contributed by atoms with Crippen molar-refractivity contribution in [1.29, 1.82) is 0 Å². The van der Waals surface area contributed by atoms with Crippen molar-refractivity contribution in [2.24, 2.45) is 0 Å². The van der Waals surface area contributed by atoms with Gasteiger partial charge in [0.2, 0.25) is 12.3 Å². The maximum Gasteiger partial charge on any atom is 0.228 e. The molecule has 0 saturated heterocycles. The Balaban J connectivity index is 1.99. The third-order valence-corrected chi connectivity index (χ3v) is 3.95. The number of halogens is 1. The molecule has 2 aromatic heterocycles. The first-order valence-electron chi connectivity index (χ1n) is 5.40. The molecule has 2 aromatic rings. The molecule has 1 N–H and O–H groups in total. The Bertz CT molecular complexity index is 526. The fourth-order valence-electron chi connectivity index (χ4n) is 1.46. The number of nitrogens with zero attached hydrogens (tertiary/aromatic N) is 2. The van der Waals surface area contributed by atoms with Gasteiger partial charge in [-0.2, -0.15) is 4.98 Å². The number of carbonyl (C=O) groups is 1. The molecule has 2 atom stereocenters. The zero-order chi connectivity index (χ0) is 13.1. The lowest BCUT2D eigenvalue weighted by Gasteiger charge is -2.14. The van der Waals surface area contributed by atoms with E-state index < -0.39 is 0 Å². The Morgan fingerprint density at radius 1 is 1.50 bits per heavy atom. The predicted molar refractivity (Wildman–Crippen MR) is 68.6 cm³/mol. The van der Waals surface area contributed by atoms with Crippen molar-refractivity contribution in [2.75, 3.05) is 0 Å². The molecule has 0 unspecified atom stereocenters. The molecule has 2 heterocycles. The number of amides is 1. The van der Waals surface area contributed by atoms with Crippen LogP contribution in [-0.4, -0.2) is 16.0 Å². The first-order chi connectivity index (χ1) is 8.58. The van der Waals surface area contributed by atoms with Crippen LogP contribution in [0.25, 0.3) is 0 Å². The topological polar surface area (TPSA) is 68.0 Å². The summed E-state index contributed by atoms with van der Waals surface area (Å²) < 4.78 is 5.31. The minimum atomic E-state index is -0.283. The van der Waals surface area contributed by atoms with Crippen molar-refractivity contribution in [2.45, 2.75) is 25.8 Å². The van der Waals surface area contributed by atoms with Gasteiger partial charge in [-0.15, -0.1) is 11.3 Å². The molecule has 0 aliphatic carbocycles. The molecule has 0 aliphatic rings. The largest absolute Gasteiger partial charge is 0.346 e. The molecular weight excluding hydrogens is 274 g/mol. The second-order valence-electron chi connectivity index (χ2n) is 3.88. The van der Waals surface area contributed by atoms with E-state index in [9.17, 15) is 4.79 Å². The number of rotatable bonds is 4. The third-order valence-electron chi connectivity index (χ3n) is 2.54. The van der Waals surface area contributed by atoms with E-state index in [-0.39, 0.29) is 17.9 Å². The first kappa shape index (κ1) is 13.0. The zero-order valence-electron chi connectivity index (χ0n) is 9.88. The standard InChI is InChI=1S/C11H12ClN3O2S/c1-6(8-3-4-9(12)18-8)11(16)14-7(2)10-13-5-17-15-10/h3-7H,1-2H3,(H,14,16)/t6-,7+/m0/s1. The number of nitrogens with one attached hydrogen (secondary N) is 1. The molecule has 0 saturated carbocycles. The molecule has 0 radical (unpaired) electrons. The fourth-order valence-corrected chi connectivity index (χ4v) is 2.57. The van der Waals surface area contributed by atoms with Crippen LogP contribution in [0.5, 0.6) is 0 Å². The van der Waals surface area contributed by atoms with Crippen LogP contribution in [-0.2, 0) is 4.79 Å². The highest BCUT2D eigenvalue weighted by molar-refractivity contribution is 7.16. The van der Waals surface area contributed by atoms with E-state index in [0.717, 1.165) is 4.88 Å². The maximum absolute atomic E-state index is 12.0. The molecule has 18 heavy (non-hydrogen) atoms. The van der Waals surface area contributed by atoms with Crippen molar-refractivity contribution in [1.82, 2.24) is 15.5 Å². The highest BCUT2D eigenvalue weighted by Gasteiger charge is 2.20. The molecule has 0 bridgehead atoms. The Labute approximate surface area is 113 Å². The van der Waals surface area contributed by atoms with Gasteiger partial charge in [-0.1, -0.05) is 16.8 Å². The SMILES string of the molecule is C[C@H](C(=O)N[C@H](C)c1ncon1)c1ccc(Cl)s1. The van der Waals surface area contributed by atoms with Gasteiger partial charge in [0.25, 0.3) is 0 Å². The van der Waals surface area contributed by atoms with Gasteiger partial charge in [0, 0.05) is 4.88 Å². The highest BCUT2D eigenvalue weighted by Crippen LogP contribution is 2.28. The van der Waals surface area contributed by atoms with Crippen LogP contribution in [0.3, 0.4) is 0 Å². The van der Waals surface area contributed by atoms with Crippen LogP contribution in [0.2, 0.25) is 4.34 Å². The molecule has 96 valence electrons. The summed E-state index contributed by atoms with van der Waals surface area (Å²) in [4.78, 5) is 16.8. The highest BCUT2D eigenvalue weighted by atomic mass is 35.5. The molecule has 0 spiro atoms. The van der Waals surface area contributed by atoms with Crippen molar-refractivity contribution < 1.29 is 9.32 Å². The van der Waals surface area contributed by atoms with Gasteiger partial charge < -0.3 is 9.84 Å². The quantitative estimate of drug-likeness (QED) is 0.938. The lowest BCUT2D eigenvalue weighted by Crippen LogP contribution is -2.30. The summed E-state index contributed by atoms with van der Waals surface area (Å²) in [6.45, 7) is 3.64. The van der Waals surface area contributed by atoms with E-state index in [0.29, 0.717) is 10.2 Å². The van der Waals surface area contributed by atoms with Crippen LogP contribution in [0.4, 0.5) is 0 Å². The van der Waals surface area contributed by atoms with Crippen molar-refractivity contribution in [3.63, 3.8) is 0 Å². The van der Waals surface area contributed by atoms with Crippen LogP contribution in [0, 0.1) is 0 Å². The molecule has 1 amide bonds. The molecule has 0 aliphatic heterocycles. The van der Waals surface area contributed by atoms with E-state index in [1.165, 1.54) is 17.7 Å². The number of hydrogen-bond acceptors (Lipinski definition) is 5. The van der Waals surface area contributed by atoms with Gasteiger partial charge in [-0.25, -0.2) is 0 Å². The monoisotopic (exact) mass is 285 g/mol. The Kier molecular flexibility index (Phi) is 3.98. The van der Waals surface area contributed by atoms with Gasteiger partial charge in [-0.3, -0.25) is 4.79 Å². The smallest absolute Gasteiger partial charge is 0.228 e. The van der Waals surface area contributed by atoms with Crippen LogP contribution in [0.1, 0.15) is 36.5 Å². The summed E-state index contributed by atoms with van der Waals surface area (Å²) in [5, 5.41) is 6.52. The minimum absolute atomic E-state index is 0.0918. The second-order valence-corrected chi connectivity index (χ2v) is 5.63. The summed E-state index contributed by atoms with van der Waals surface area (Å²) in [6.07, 6.45) is 1.24. The normalized spacial score (nSPS) is 14.2. The van der Waals surface area contributed by atoms with E-state index in [2.05, 4.69) is 20.0 Å². The fraction of sp³-hybridized carbons (Fsp3) is 0.364. The molecule has 0 aromatic carbocycles. The number of carbonyl (C=O) groups excluding carboxylic acids is 1. The van der Waals surface area contributed by atoms with E-state index in [1.807, 2.05) is 13.0 Å². The summed E-state index contributed by atoms with van der Waals surface area (Å²) in [7, 11) is 0. The lowest BCUT2D eigenvalue weighted by molar-refractivity contribution is -0.122. The molecule has 7 heteroatoms. The van der Waals surface area contributed by atoms with Crippen molar-refractivity contribution >= 4 is 28.8 Å². The van der Waals surface area contributed by atoms with E-state index in [1.54, 1.807) is 13.0 Å². The molecule has 2 rings (SSSR count). The van der Waals surface area contributed by atoms with Gasteiger partial charge in [-0.05, 0) is 26.0 Å². The predicted octanol–water partition coefficient (Wildman–Crippen LogP) is 2.77. The zero-order valence-corrected chi connectivity index (χ0v) is 11.5. The first-order valence-corrected chi connectivity index (χ1v) is 6.59. The van der Waals surface area contributed by atoms with Crippen molar-refractivity contribution in [3.8, 4) is 0 Å². The molecule has 5 nitrogen and oxygen atoms in total. The summed E-state index contributed by atoms with van der Waals surface area (Å²) in [5.41, 5.74) is 0. The van der Waals surface area contributed by atoms with E-state index >= 15 is 0 Å². The Morgan fingerprint density at radius 3 is 2.83 bits per heavy atom. The second kappa shape index (κ2) is 5.49. The maximum atomic E-state index is 12.0. The molecule has 0 fully saturated rings. The average molecular weight is 286 g/mol. The summed E-state index contributed by atoms with van der Waals surface area (Å²) >= 11 is 7.25.